The molecule has 0 aromatic heterocycles. The quantitative estimate of drug-likeness (QED) is 0.886. The summed E-state index contributed by atoms with van der Waals surface area (Å²) in [7, 11) is 0. The van der Waals surface area contributed by atoms with Crippen LogP contribution in [0.1, 0.15) is 17.0 Å². The van der Waals surface area contributed by atoms with E-state index in [4.69, 9.17) is 9.84 Å². The molecule has 1 aliphatic carbocycles. The summed E-state index contributed by atoms with van der Waals surface area (Å²) < 4.78 is 5.57. The van der Waals surface area contributed by atoms with Crippen LogP contribution in [0.5, 0.6) is 0 Å². The average Bonchev–Trinajstić information content (AvgIpc) is 3.00. The summed E-state index contributed by atoms with van der Waals surface area (Å²) >= 11 is 0. The minimum atomic E-state index is -0.957. The molecule has 2 aliphatic rings. The molecule has 1 saturated heterocycles. The lowest BCUT2D eigenvalue weighted by Crippen LogP contribution is -2.55. The van der Waals surface area contributed by atoms with Crippen LogP contribution in [0, 0.1) is 0 Å². The molecule has 6 heteroatoms. The van der Waals surface area contributed by atoms with E-state index in [2.05, 4.69) is 29.6 Å². The molecule has 2 aromatic carbocycles. The van der Waals surface area contributed by atoms with Crippen LogP contribution in [0.15, 0.2) is 48.5 Å². The molecule has 0 radical (unpaired) electrons. The summed E-state index contributed by atoms with van der Waals surface area (Å²) in [6.45, 7) is 1.25. The summed E-state index contributed by atoms with van der Waals surface area (Å²) in [5.74, 6) is -0.953. The largest absolute Gasteiger partial charge is 0.480 e. The van der Waals surface area contributed by atoms with Crippen molar-refractivity contribution in [1.29, 1.82) is 0 Å². The SMILES string of the molecule is O=C(O)C1CN(C(=O)OCC2c3ccccc3-c3ccccc32)CCN1. The van der Waals surface area contributed by atoms with Crippen molar-refractivity contribution in [3.05, 3.63) is 59.7 Å². The van der Waals surface area contributed by atoms with E-state index in [0.717, 1.165) is 11.1 Å². The van der Waals surface area contributed by atoms with E-state index in [1.54, 1.807) is 0 Å². The first-order chi connectivity index (χ1) is 12.6. The van der Waals surface area contributed by atoms with E-state index in [1.165, 1.54) is 16.0 Å². The Morgan fingerprint density at radius 1 is 1.08 bits per heavy atom. The van der Waals surface area contributed by atoms with E-state index in [1.807, 2.05) is 24.3 Å². The van der Waals surface area contributed by atoms with E-state index in [0.29, 0.717) is 13.1 Å². The van der Waals surface area contributed by atoms with Crippen molar-refractivity contribution in [2.75, 3.05) is 26.2 Å². The topological polar surface area (TPSA) is 78.9 Å². The smallest absolute Gasteiger partial charge is 0.409 e. The molecule has 1 fully saturated rings. The third kappa shape index (κ3) is 2.93. The Labute approximate surface area is 151 Å². The van der Waals surface area contributed by atoms with E-state index in [-0.39, 0.29) is 19.1 Å². The molecule has 134 valence electrons. The van der Waals surface area contributed by atoms with Crippen LogP contribution in [-0.4, -0.2) is 54.4 Å². The van der Waals surface area contributed by atoms with Gasteiger partial charge in [0.15, 0.2) is 0 Å². The fraction of sp³-hybridized carbons (Fsp3) is 0.300. The Morgan fingerprint density at radius 2 is 1.69 bits per heavy atom. The average molecular weight is 352 g/mol. The summed E-state index contributed by atoms with van der Waals surface area (Å²) in [4.78, 5) is 25.0. The minimum absolute atomic E-state index is 0.00420. The molecule has 0 spiro atoms. The second kappa shape index (κ2) is 6.80. The molecule has 4 rings (SSSR count). The van der Waals surface area contributed by atoms with Crippen LogP contribution in [-0.2, 0) is 9.53 Å². The van der Waals surface area contributed by atoms with E-state index < -0.39 is 18.1 Å². The van der Waals surface area contributed by atoms with Crippen molar-refractivity contribution >= 4 is 12.1 Å². The van der Waals surface area contributed by atoms with Gasteiger partial charge in [0.2, 0.25) is 0 Å². The summed E-state index contributed by atoms with van der Waals surface area (Å²) in [5, 5.41) is 12.0. The fourth-order valence-electron chi connectivity index (χ4n) is 3.77. The van der Waals surface area contributed by atoms with Crippen LogP contribution in [0.25, 0.3) is 11.1 Å². The Morgan fingerprint density at radius 3 is 2.31 bits per heavy atom. The molecule has 6 nitrogen and oxygen atoms in total. The van der Waals surface area contributed by atoms with E-state index >= 15 is 0 Å². The van der Waals surface area contributed by atoms with Crippen molar-refractivity contribution in [3.63, 3.8) is 0 Å². The Hall–Kier alpha value is -2.86. The van der Waals surface area contributed by atoms with Gasteiger partial charge in [-0.2, -0.15) is 0 Å². The van der Waals surface area contributed by atoms with Gasteiger partial charge in [-0.25, -0.2) is 4.79 Å². The van der Waals surface area contributed by atoms with Gasteiger partial charge in [0.1, 0.15) is 12.6 Å². The number of carboxylic acids is 1. The molecule has 1 atom stereocenters. The van der Waals surface area contributed by atoms with Gasteiger partial charge in [0.05, 0.1) is 6.54 Å². The summed E-state index contributed by atoms with van der Waals surface area (Å²) in [5.41, 5.74) is 4.67. The number of amides is 1. The number of fused-ring (bicyclic) bond motifs is 3. The lowest BCUT2D eigenvalue weighted by molar-refractivity contribution is -0.140. The molecule has 2 N–H and O–H groups in total. The number of benzene rings is 2. The van der Waals surface area contributed by atoms with Crippen molar-refractivity contribution in [1.82, 2.24) is 10.2 Å². The van der Waals surface area contributed by atoms with Gasteiger partial charge in [-0.1, -0.05) is 48.5 Å². The third-order valence-corrected chi connectivity index (χ3v) is 5.07. The molecule has 1 unspecified atom stereocenters. The zero-order valence-corrected chi connectivity index (χ0v) is 14.2. The maximum Gasteiger partial charge on any atom is 0.409 e. The number of nitrogens with one attached hydrogen (secondary N) is 1. The van der Waals surface area contributed by atoms with Gasteiger partial charge in [0.25, 0.3) is 0 Å². The molecule has 0 bridgehead atoms. The van der Waals surface area contributed by atoms with Crippen LogP contribution >= 0.6 is 0 Å². The van der Waals surface area contributed by atoms with Crippen molar-refractivity contribution in [3.8, 4) is 11.1 Å². The van der Waals surface area contributed by atoms with Crippen molar-refractivity contribution < 1.29 is 19.4 Å². The first-order valence-electron chi connectivity index (χ1n) is 8.71. The number of carbonyl (C=O) groups is 2. The second-order valence-corrected chi connectivity index (χ2v) is 6.59. The lowest BCUT2D eigenvalue weighted by atomic mass is 9.98. The fourth-order valence-corrected chi connectivity index (χ4v) is 3.77. The third-order valence-electron chi connectivity index (χ3n) is 5.07. The van der Waals surface area contributed by atoms with Gasteiger partial charge >= 0.3 is 12.1 Å². The number of aliphatic carboxylic acids is 1. The van der Waals surface area contributed by atoms with E-state index in [9.17, 15) is 9.59 Å². The Kier molecular flexibility index (Phi) is 4.34. The molecule has 1 heterocycles. The number of hydrogen-bond donors (Lipinski definition) is 2. The second-order valence-electron chi connectivity index (χ2n) is 6.59. The van der Waals surface area contributed by atoms with Crippen LogP contribution < -0.4 is 5.32 Å². The predicted molar refractivity (Wildman–Crippen MR) is 96.1 cm³/mol. The number of piperazine rings is 1. The number of hydrogen-bond acceptors (Lipinski definition) is 4. The molecule has 1 amide bonds. The molecule has 0 saturated carbocycles. The number of carboxylic acid groups (broad SMARTS) is 1. The number of rotatable bonds is 3. The summed E-state index contributed by atoms with van der Waals surface area (Å²) in [6.07, 6.45) is -0.459. The minimum Gasteiger partial charge on any atom is -0.480 e. The highest BCUT2D eigenvalue weighted by atomic mass is 16.6. The zero-order valence-electron chi connectivity index (χ0n) is 14.2. The lowest BCUT2D eigenvalue weighted by Gasteiger charge is -2.31. The highest BCUT2D eigenvalue weighted by Crippen LogP contribution is 2.44. The van der Waals surface area contributed by atoms with Gasteiger partial charge in [-0.05, 0) is 22.3 Å². The monoisotopic (exact) mass is 352 g/mol. The zero-order chi connectivity index (χ0) is 18.1. The molecule has 1 aliphatic heterocycles. The van der Waals surface area contributed by atoms with Crippen LogP contribution in [0.3, 0.4) is 0 Å². The summed E-state index contributed by atoms with van der Waals surface area (Å²) in [6, 6.07) is 15.6. The first-order valence-corrected chi connectivity index (χ1v) is 8.71. The number of carbonyl (C=O) groups excluding carboxylic acids is 1. The maximum atomic E-state index is 12.4. The highest BCUT2D eigenvalue weighted by molar-refractivity contribution is 5.79. The van der Waals surface area contributed by atoms with Crippen LogP contribution in [0.4, 0.5) is 4.79 Å². The van der Waals surface area contributed by atoms with Gasteiger partial charge in [0, 0.05) is 19.0 Å². The molecular weight excluding hydrogens is 332 g/mol. The predicted octanol–water partition coefficient (Wildman–Crippen LogP) is 2.29. The van der Waals surface area contributed by atoms with Crippen molar-refractivity contribution in [2.45, 2.75) is 12.0 Å². The van der Waals surface area contributed by atoms with Crippen molar-refractivity contribution in [2.24, 2.45) is 0 Å². The Balaban J connectivity index is 1.48. The van der Waals surface area contributed by atoms with Gasteiger partial charge < -0.3 is 20.1 Å². The number of ether oxygens (including phenoxy) is 1. The standard InChI is InChI=1S/C20H20N2O4/c23-19(24)18-11-22(10-9-21-18)20(25)26-12-17-15-7-3-1-5-13(15)14-6-2-4-8-16(14)17/h1-8,17-18,21H,9-12H2,(H,23,24). The molecule has 26 heavy (non-hydrogen) atoms. The highest BCUT2D eigenvalue weighted by Gasteiger charge is 2.32. The number of nitrogens with zero attached hydrogens (tertiary/aromatic N) is 1. The Bertz CT molecular complexity index is 806. The van der Waals surface area contributed by atoms with Gasteiger partial charge in [-0.3, -0.25) is 4.79 Å². The maximum absolute atomic E-state index is 12.4. The van der Waals surface area contributed by atoms with Crippen LogP contribution in [0.2, 0.25) is 0 Å². The first kappa shape index (κ1) is 16.6. The molecule has 2 aromatic rings. The van der Waals surface area contributed by atoms with Gasteiger partial charge in [-0.15, -0.1) is 0 Å². The molecular formula is C20H20N2O4. The normalized spacial score (nSPS) is 18.9.